The minimum Gasteiger partial charge on any atom is -0.490 e. The van der Waals surface area contributed by atoms with E-state index in [0.717, 1.165) is 12.2 Å². The second-order valence-corrected chi connectivity index (χ2v) is 5.99. The lowest BCUT2D eigenvalue weighted by Gasteiger charge is -2.13. The number of pyridine rings is 1. The summed E-state index contributed by atoms with van der Waals surface area (Å²) in [5.74, 6) is 1.66. The first kappa shape index (κ1) is 16.4. The number of hydrogen-bond donors (Lipinski definition) is 1. The summed E-state index contributed by atoms with van der Waals surface area (Å²) < 4.78 is 11.2. The van der Waals surface area contributed by atoms with Crippen molar-refractivity contribution < 1.29 is 14.3 Å². The molecule has 1 N–H and O–H groups in total. The van der Waals surface area contributed by atoms with Crippen molar-refractivity contribution in [2.75, 3.05) is 37.5 Å². The van der Waals surface area contributed by atoms with Crippen LogP contribution in [0, 0.1) is 0 Å². The predicted octanol–water partition coefficient (Wildman–Crippen LogP) is 3.21. The Bertz CT molecular complexity index is 747. The van der Waals surface area contributed by atoms with Gasteiger partial charge >= 0.3 is 0 Å². The summed E-state index contributed by atoms with van der Waals surface area (Å²) in [6.45, 7) is 1.15. The lowest BCUT2D eigenvalue weighted by Crippen LogP contribution is -2.14. The molecule has 0 fully saturated rings. The zero-order valence-electron chi connectivity index (χ0n) is 13.5. The van der Waals surface area contributed by atoms with E-state index in [1.165, 1.54) is 6.20 Å². The van der Waals surface area contributed by atoms with Crippen LogP contribution in [0.15, 0.2) is 30.5 Å². The molecule has 1 aliphatic rings. The SMILES string of the molecule is CN(C)c1ccc(C(=O)Nc2cc3c(cc2Cl)OCCCO3)cn1. The lowest BCUT2D eigenvalue weighted by atomic mass is 10.2. The second kappa shape index (κ2) is 6.97. The topological polar surface area (TPSA) is 63.7 Å². The van der Waals surface area contributed by atoms with E-state index in [2.05, 4.69) is 10.3 Å². The molecule has 0 radical (unpaired) electrons. The van der Waals surface area contributed by atoms with Gasteiger partial charge in [0.15, 0.2) is 11.5 Å². The molecular formula is C17H18ClN3O3. The Balaban J connectivity index is 1.80. The van der Waals surface area contributed by atoms with Gasteiger partial charge < -0.3 is 19.7 Å². The molecular weight excluding hydrogens is 330 g/mol. The average molecular weight is 348 g/mol. The van der Waals surface area contributed by atoms with Crippen LogP contribution in [0.5, 0.6) is 11.5 Å². The fourth-order valence-electron chi connectivity index (χ4n) is 2.26. The summed E-state index contributed by atoms with van der Waals surface area (Å²) in [5, 5.41) is 3.18. The van der Waals surface area contributed by atoms with Crippen molar-refractivity contribution in [3.8, 4) is 11.5 Å². The fraction of sp³-hybridized carbons (Fsp3) is 0.294. The number of benzene rings is 1. The van der Waals surface area contributed by atoms with E-state index in [1.807, 2.05) is 19.0 Å². The van der Waals surface area contributed by atoms with Gasteiger partial charge in [-0.05, 0) is 12.1 Å². The molecule has 1 amide bonds. The number of halogens is 1. The number of anilines is 2. The highest BCUT2D eigenvalue weighted by Gasteiger charge is 2.16. The molecule has 2 heterocycles. The van der Waals surface area contributed by atoms with Crippen LogP contribution in [0.3, 0.4) is 0 Å². The number of nitrogens with zero attached hydrogens (tertiary/aromatic N) is 2. The smallest absolute Gasteiger partial charge is 0.257 e. The van der Waals surface area contributed by atoms with Gasteiger partial charge in [-0.2, -0.15) is 0 Å². The Kier molecular flexibility index (Phi) is 4.76. The van der Waals surface area contributed by atoms with Gasteiger partial charge in [0.25, 0.3) is 5.91 Å². The molecule has 1 aromatic heterocycles. The van der Waals surface area contributed by atoms with E-state index in [4.69, 9.17) is 21.1 Å². The summed E-state index contributed by atoms with van der Waals surface area (Å²) in [6.07, 6.45) is 2.33. The highest BCUT2D eigenvalue weighted by molar-refractivity contribution is 6.34. The van der Waals surface area contributed by atoms with Crippen LogP contribution >= 0.6 is 11.6 Å². The number of nitrogens with one attached hydrogen (secondary N) is 1. The van der Waals surface area contributed by atoms with Crippen molar-refractivity contribution >= 4 is 29.0 Å². The van der Waals surface area contributed by atoms with Crippen LogP contribution < -0.4 is 19.7 Å². The van der Waals surface area contributed by atoms with Crippen LogP contribution in [0.25, 0.3) is 0 Å². The molecule has 0 spiro atoms. The van der Waals surface area contributed by atoms with E-state index < -0.39 is 0 Å². The summed E-state index contributed by atoms with van der Waals surface area (Å²) in [6, 6.07) is 6.84. The molecule has 3 rings (SSSR count). The largest absolute Gasteiger partial charge is 0.490 e. The molecule has 0 bridgehead atoms. The number of rotatable bonds is 3. The normalized spacial score (nSPS) is 13.1. The molecule has 0 aliphatic carbocycles. The van der Waals surface area contributed by atoms with Crippen molar-refractivity contribution in [1.82, 2.24) is 4.98 Å². The second-order valence-electron chi connectivity index (χ2n) is 5.58. The number of hydrogen-bond acceptors (Lipinski definition) is 5. The molecule has 0 atom stereocenters. The number of ether oxygens (including phenoxy) is 2. The third-order valence-corrected chi connectivity index (χ3v) is 3.87. The number of carbonyl (C=O) groups is 1. The molecule has 2 aromatic rings. The van der Waals surface area contributed by atoms with Crippen LogP contribution in [-0.4, -0.2) is 38.2 Å². The Labute approximate surface area is 145 Å². The summed E-state index contributed by atoms with van der Waals surface area (Å²) in [4.78, 5) is 18.5. The van der Waals surface area contributed by atoms with Crippen molar-refractivity contribution in [3.05, 3.63) is 41.0 Å². The van der Waals surface area contributed by atoms with Gasteiger partial charge in [-0.25, -0.2) is 4.98 Å². The van der Waals surface area contributed by atoms with Crippen molar-refractivity contribution in [2.24, 2.45) is 0 Å². The maximum Gasteiger partial charge on any atom is 0.257 e. The van der Waals surface area contributed by atoms with Gasteiger partial charge in [0.2, 0.25) is 0 Å². The maximum absolute atomic E-state index is 12.4. The van der Waals surface area contributed by atoms with Crippen LogP contribution in [0.2, 0.25) is 5.02 Å². The zero-order chi connectivity index (χ0) is 17.1. The van der Waals surface area contributed by atoms with Gasteiger partial charge in [-0.1, -0.05) is 11.6 Å². The number of aromatic nitrogens is 1. The first-order valence-corrected chi connectivity index (χ1v) is 7.96. The Morgan fingerprint density at radius 2 is 1.92 bits per heavy atom. The van der Waals surface area contributed by atoms with E-state index in [9.17, 15) is 4.79 Å². The predicted molar refractivity (Wildman–Crippen MR) is 93.6 cm³/mol. The van der Waals surface area contributed by atoms with Crippen LogP contribution in [0.1, 0.15) is 16.8 Å². The van der Waals surface area contributed by atoms with E-state index in [1.54, 1.807) is 24.3 Å². The molecule has 6 nitrogen and oxygen atoms in total. The number of amides is 1. The summed E-state index contributed by atoms with van der Waals surface area (Å²) in [7, 11) is 3.78. The molecule has 1 aromatic carbocycles. The van der Waals surface area contributed by atoms with Crippen molar-refractivity contribution in [1.29, 1.82) is 0 Å². The van der Waals surface area contributed by atoms with E-state index in [-0.39, 0.29) is 5.91 Å². The number of fused-ring (bicyclic) bond motifs is 1. The molecule has 126 valence electrons. The fourth-order valence-corrected chi connectivity index (χ4v) is 2.46. The van der Waals surface area contributed by atoms with E-state index in [0.29, 0.717) is 41.0 Å². The Morgan fingerprint density at radius 1 is 1.21 bits per heavy atom. The highest BCUT2D eigenvalue weighted by atomic mass is 35.5. The first-order chi connectivity index (χ1) is 11.5. The minimum atomic E-state index is -0.288. The lowest BCUT2D eigenvalue weighted by molar-refractivity contribution is 0.102. The summed E-state index contributed by atoms with van der Waals surface area (Å²) in [5.41, 5.74) is 0.923. The molecule has 1 aliphatic heterocycles. The van der Waals surface area contributed by atoms with Crippen LogP contribution in [-0.2, 0) is 0 Å². The van der Waals surface area contributed by atoms with Crippen molar-refractivity contribution in [2.45, 2.75) is 6.42 Å². The minimum absolute atomic E-state index is 0.288. The molecule has 24 heavy (non-hydrogen) atoms. The maximum atomic E-state index is 12.4. The van der Waals surface area contributed by atoms with Crippen LogP contribution in [0.4, 0.5) is 11.5 Å². The van der Waals surface area contributed by atoms with Gasteiger partial charge in [0.1, 0.15) is 5.82 Å². The third-order valence-electron chi connectivity index (χ3n) is 3.55. The highest BCUT2D eigenvalue weighted by Crippen LogP contribution is 2.37. The molecule has 0 unspecified atom stereocenters. The van der Waals surface area contributed by atoms with Gasteiger partial charge in [-0.15, -0.1) is 0 Å². The van der Waals surface area contributed by atoms with Gasteiger partial charge in [0, 0.05) is 38.8 Å². The standard InChI is InChI=1S/C17H18ClN3O3/c1-21(2)16-5-4-11(10-19-16)17(22)20-13-9-15-14(8-12(13)18)23-6-3-7-24-15/h4-5,8-10H,3,6-7H2,1-2H3,(H,20,22). The number of carbonyl (C=O) groups excluding carboxylic acids is 1. The summed E-state index contributed by atoms with van der Waals surface area (Å²) >= 11 is 6.24. The van der Waals surface area contributed by atoms with Crippen molar-refractivity contribution in [3.63, 3.8) is 0 Å². The Hall–Kier alpha value is -2.47. The molecule has 0 saturated carbocycles. The Morgan fingerprint density at radius 3 is 2.54 bits per heavy atom. The quantitative estimate of drug-likeness (QED) is 0.923. The first-order valence-electron chi connectivity index (χ1n) is 7.58. The monoisotopic (exact) mass is 347 g/mol. The van der Waals surface area contributed by atoms with Gasteiger partial charge in [-0.3, -0.25) is 4.79 Å². The third kappa shape index (κ3) is 3.54. The van der Waals surface area contributed by atoms with E-state index >= 15 is 0 Å². The zero-order valence-corrected chi connectivity index (χ0v) is 14.3. The van der Waals surface area contributed by atoms with Gasteiger partial charge in [0.05, 0.1) is 29.5 Å². The average Bonchev–Trinajstić information content (AvgIpc) is 2.80. The molecule has 7 heteroatoms. The molecule has 0 saturated heterocycles.